The zero-order valence-electron chi connectivity index (χ0n) is 10.9. The van der Waals surface area contributed by atoms with Crippen LogP contribution in [0.2, 0.25) is 0 Å². The number of hydrogen-bond acceptors (Lipinski definition) is 2. The van der Waals surface area contributed by atoms with E-state index >= 15 is 0 Å². The molecule has 96 valence electrons. The minimum atomic E-state index is 0.379. The highest BCUT2D eigenvalue weighted by molar-refractivity contribution is 6.40. The van der Waals surface area contributed by atoms with Gasteiger partial charge in [-0.1, -0.05) is 23.7 Å². The number of nitrogens with zero attached hydrogens (tertiary/aromatic N) is 3. The number of hydrogen-bond donors (Lipinski definition) is 0. The Hall–Kier alpha value is -2.15. The number of amidine groups is 1. The van der Waals surface area contributed by atoms with Crippen LogP contribution in [0.25, 0.3) is 0 Å². The van der Waals surface area contributed by atoms with E-state index in [0.29, 0.717) is 15.1 Å². The van der Waals surface area contributed by atoms with Crippen molar-refractivity contribution < 1.29 is 0 Å². The topological polar surface area (TPSA) is 36.1 Å². The number of benzene rings is 1. The smallest absolute Gasteiger partial charge is 0.192 e. The third-order valence-electron chi connectivity index (χ3n) is 4.01. The van der Waals surface area contributed by atoms with Gasteiger partial charge in [0.1, 0.15) is 23.0 Å². The number of rotatable bonds is 0. The van der Waals surface area contributed by atoms with Crippen LogP contribution >= 0.6 is 11.6 Å². The Kier molecular flexibility index (Phi) is 2.15. The van der Waals surface area contributed by atoms with Gasteiger partial charge in [0.2, 0.25) is 0 Å². The minimum absolute atomic E-state index is 0.379. The van der Waals surface area contributed by atoms with Crippen molar-refractivity contribution in [2.75, 3.05) is 0 Å². The highest BCUT2D eigenvalue weighted by Gasteiger charge is 2.56. The van der Waals surface area contributed by atoms with Crippen molar-refractivity contribution in [1.82, 2.24) is 4.48 Å². The lowest BCUT2D eigenvalue weighted by molar-refractivity contribution is 0.676. The number of fused-ring (bicyclic) bond motifs is 1. The van der Waals surface area contributed by atoms with Crippen LogP contribution in [0, 0.1) is 11.3 Å². The lowest BCUT2D eigenvalue weighted by atomic mass is 10.1. The second-order valence-electron chi connectivity index (χ2n) is 5.22. The second-order valence-corrected chi connectivity index (χ2v) is 5.59. The lowest BCUT2D eigenvalue weighted by Crippen LogP contribution is -2.44. The number of allylic oxidation sites excluding steroid dienone is 3. The Bertz CT molecular complexity index is 820. The molecule has 4 rings (SSSR count). The Labute approximate surface area is 122 Å². The summed E-state index contributed by atoms with van der Waals surface area (Å²) in [5.41, 5.74) is 4.67. The predicted octanol–water partition coefficient (Wildman–Crippen LogP) is 4.26. The van der Waals surface area contributed by atoms with E-state index < -0.39 is 0 Å². The monoisotopic (exact) mass is 280 g/mol. The predicted molar refractivity (Wildman–Crippen MR) is 80.3 cm³/mol. The summed E-state index contributed by atoms with van der Waals surface area (Å²) in [6, 6.07) is 10.2. The molecule has 0 saturated heterocycles. The number of nitriles is 1. The van der Waals surface area contributed by atoms with Crippen molar-refractivity contribution in [3.8, 4) is 6.07 Å². The van der Waals surface area contributed by atoms with Crippen LogP contribution in [-0.4, -0.2) is 5.84 Å². The van der Waals surface area contributed by atoms with Crippen LogP contribution in [-0.2, 0) is 0 Å². The van der Waals surface area contributed by atoms with Gasteiger partial charge in [0.25, 0.3) is 5.84 Å². The summed E-state index contributed by atoms with van der Waals surface area (Å²) < 4.78 is 0.379. The first-order valence-electron chi connectivity index (χ1n) is 6.46. The molecule has 1 aromatic rings. The standard InChI is InChI=1S/C16H11ClN3/c1-10-6-7-14-15(17)11(8-18)16-19-12-4-2-3-5-13(12)20(14,16)9-10/h2-5,7,9H,6H2,1H3/q+1. The second kappa shape index (κ2) is 3.69. The molecule has 3 aliphatic rings. The van der Waals surface area contributed by atoms with Crippen molar-refractivity contribution in [2.24, 2.45) is 4.99 Å². The van der Waals surface area contributed by atoms with E-state index in [0.717, 1.165) is 29.3 Å². The van der Waals surface area contributed by atoms with E-state index in [2.05, 4.69) is 36.3 Å². The van der Waals surface area contributed by atoms with Crippen LogP contribution < -0.4 is 4.48 Å². The van der Waals surface area contributed by atoms with Gasteiger partial charge in [-0.25, -0.2) is 0 Å². The van der Waals surface area contributed by atoms with Gasteiger partial charge in [-0.15, -0.1) is 0 Å². The molecule has 0 N–H and O–H groups in total. The summed E-state index contributed by atoms with van der Waals surface area (Å²) in [4.78, 5) is 4.66. The summed E-state index contributed by atoms with van der Waals surface area (Å²) in [6.45, 7) is 2.09. The van der Waals surface area contributed by atoms with Crippen molar-refractivity contribution in [3.05, 3.63) is 58.4 Å². The molecule has 0 aromatic heterocycles. The maximum absolute atomic E-state index is 9.44. The van der Waals surface area contributed by atoms with Gasteiger partial charge < -0.3 is 0 Å². The molecule has 0 fully saturated rings. The average Bonchev–Trinajstić information content (AvgIpc) is 2.86. The minimum Gasteiger partial charge on any atom is -0.192 e. The third kappa shape index (κ3) is 1.16. The van der Waals surface area contributed by atoms with E-state index in [1.165, 1.54) is 5.57 Å². The van der Waals surface area contributed by atoms with Gasteiger partial charge in [0, 0.05) is 6.07 Å². The molecule has 3 aliphatic heterocycles. The third-order valence-corrected chi connectivity index (χ3v) is 4.40. The van der Waals surface area contributed by atoms with Crippen molar-refractivity contribution >= 4 is 28.8 Å². The van der Waals surface area contributed by atoms with E-state index in [4.69, 9.17) is 11.6 Å². The zero-order valence-corrected chi connectivity index (χ0v) is 11.6. The molecule has 1 aromatic carbocycles. The first kappa shape index (κ1) is 11.7. The van der Waals surface area contributed by atoms with Gasteiger partial charge in [0.05, 0.1) is 0 Å². The molecule has 0 bridgehead atoms. The highest BCUT2D eigenvalue weighted by atomic mass is 35.5. The molecule has 20 heavy (non-hydrogen) atoms. The van der Waals surface area contributed by atoms with E-state index in [1.807, 2.05) is 18.2 Å². The van der Waals surface area contributed by atoms with E-state index in [9.17, 15) is 5.26 Å². The van der Waals surface area contributed by atoms with Gasteiger partial charge in [-0.05, 0) is 31.1 Å². The fraction of sp³-hybridized carbons (Fsp3) is 0.125. The van der Waals surface area contributed by atoms with Gasteiger partial charge in [-0.2, -0.15) is 14.7 Å². The largest absolute Gasteiger partial charge is 0.263 e. The van der Waals surface area contributed by atoms with Gasteiger partial charge in [0.15, 0.2) is 17.0 Å². The number of quaternary nitrogens is 1. The van der Waals surface area contributed by atoms with E-state index in [1.54, 1.807) is 0 Å². The molecule has 1 atom stereocenters. The maximum Gasteiger partial charge on any atom is 0.263 e. The lowest BCUT2D eigenvalue weighted by Gasteiger charge is -2.30. The summed E-state index contributed by atoms with van der Waals surface area (Å²) >= 11 is 6.43. The molecule has 0 saturated carbocycles. The maximum atomic E-state index is 9.44. The molecule has 0 amide bonds. The molecule has 4 heteroatoms. The van der Waals surface area contributed by atoms with Crippen molar-refractivity contribution in [1.29, 1.82) is 5.26 Å². The zero-order chi connectivity index (χ0) is 13.9. The SMILES string of the molecule is CC1=C[N+]23C(=CC1)C(Cl)=C(C#N)C2=Nc1ccccc13. The van der Waals surface area contributed by atoms with Crippen LogP contribution in [0.15, 0.2) is 63.4 Å². The molecular weight excluding hydrogens is 270 g/mol. The van der Waals surface area contributed by atoms with Crippen LogP contribution in [0.1, 0.15) is 13.3 Å². The first-order valence-corrected chi connectivity index (χ1v) is 6.83. The van der Waals surface area contributed by atoms with Crippen LogP contribution in [0.5, 0.6) is 0 Å². The number of para-hydroxylation sites is 2. The molecule has 0 aliphatic carbocycles. The average molecular weight is 281 g/mol. The Morgan fingerprint density at radius 1 is 1.35 bits per heavy atom. The Morgan fingerprint density at radius 2 is 2.15 bits per heavy atom. The fourth-order valence-corrected chi connectivity index (χ4v) is 3.53. The molecular formula is C16H11ClN3+. The normalized spacial score (nSPS) is 26.1. The highest BCUT2D eigenvalue weighted by Crippen LogP contribution is 2.54. The summed E-state index contributed by atoms with van der Waals surface area (Å²) in [5.74, 6) is 0.726. The summed E-state index contributed by atoms with van der Waals surface area (Å²) in [5, 5.41) is 9.97. The molecule has 3 heterocycles. The summed E-state index contributed by atoms with van der Waals surface area (Å²) in [6.07, 6.45) is 5.13. The van der Waals surface area contributed by atoms with Crippen LogP contribution in [0.4, 0.5) is 11.4 Å². The van der Waals surface area contributed by atoms with Gasteiger partial charge in [-0.3, -0.25) is 0 Å². The fourth-order valence-electron chi connectivity index (χ4n) is 3.20. The molecule has 1 spiro atoms. The van der Waals surface area contributed by atoms with Crippen molar-refractivity contribution in [2.45, 2.75) is 13.3 Å². The number of halogens is 1. The van der Waals surface area contributed by atoms with Crippen LogP contribution in [0.3, 0.4) is 0 Å². The quantitative estimate of drug-likeness (QED) is 0.654. The number of aliphatic imine (C=N–C) groups is 1. The molecule has 3 nitrogen and oxygen atoms in total. The van der Waals surface area contributed by atoms with Gasteiger partial charge >= 0.3 is 0 Å². The Morgan fingerprint density at radius 3 is 2.95 bits per heavy atom. The molecule has 1 unspecified atom stereocenters. The molecule has 0 radical (unpaired) electrons. The van der Waals surface area contributed by atoms with E-state index in [-0.39, 0.29) is 0 Å². The first-order chi connectivity index (χ1) is 9.68. The summed E-state index contributed by atoms with van der Waals surface area (Å²) in [7, 11) is 0. The Balaban J connectivity index is 2.12. The van der Waals surface area contributed by atoms with Crippen molar-refractivity contribution in [3.63, 3.8) is 0 Å².